The largest absolute Gasteiger partial charge is 0.435 e. The van der Waals surface area contributed by atoms with Crippen molar-refractivity contribution in [2.75, 3.05) is 13.7 Å². The number of carbonyl (C=O) groups is 1. The Balaban J connectivity index is 3.84. The second-order valence-corrected chi connectivity index (χ2v) is 10.4. The van der Waals surface area contributed by atoms with Gasteiger partial charge in [0.15, 0.2) is 0 Å². The number of hydrogen-bond acceptors (Lipinski definition) is 4. The first-order valence-electron chi connectivity index (χ1n) is 3.16. The molecule has 0 spiro atoms. The van der Waals surface area contributed by atoms with Crippen LogP contribution in [0.3, 0.4) is 0 Å². The van der Waals surface area contributed by atoms with Crippen LogP contribution in [0.1, 0.15) is 0 Å². The van der Waals surface area contributed by atoms with E-state index in [2.05, 4.69) is 23.2 Å². The summed E-state index contributed by atoms with van der Waals surface area (Å²) in [5.41, 5.74) is 0. The maximum absolute atomic E-state index is 11.1. The molecule has 0 fully saturated rings. The van der Waals surface area contributed by atoms with Crippen molar-refractivity contribution in [3.8, 4) is 0 Å². The van der Waals surface area contributed by atoms with Gasteiger partial charge >= 0.3 is 5.97 Å². The summed E-state index contributed by atoms with van der Waals surface area (Å²) >= 11 is 0. The topological polar surface area (TPSA) is 58.6 Å². The minimum Gasteiger partial charge on any atom is -0.435 e. The second kappa shape index (κ2) is 7.51. The predicted molar refractivity (Wildman–Crippen MR) is 60.7 cm³/mol. The Bertz CT molecular complexity index is 142. The van der Waals surface area contributed by atoms with Crippen LogP contribution in [0, 0.1) is 0 Å². The van der Waals surface area contributed by atoms with E-state index in [1.807, 2.05) is 0 Å². The number of carbonyl (C=O) groups excluding carboxylic acids is 1. The molecule has 2 N–H and O–H groups in total. The second-order valence-electron chi connectivity index (χ2n) is 1.89. The number of hydrogen-bond donors (Lipinski definition) is 2. The van der Waals surface area contributed by atoms with Gasteiger partial charge in [-0.25, -0.2) is 0 Å². The summed E-state index contributed by atoms with van der Waals surface area (Å²) in [4.78, 5) is 11.1. The van der Waals surface area contributed by atoms with Gasteiger partial charge in [0.2, 0.25) is 0 Å². The van der Waals surface area contributed by atoms with Crippen molar-refractivity contribution in [1.29, 1.82) is 0 Å². The summed E-state index contributed by atoms with van der Waals surface area (Å²) in [5, 5.41) is 11.4. The van der Waals surface area contributed by atoms with Gasteiger partial charge in [0.25, 0.3) is 0 Å². The van der Waals surface area contributed by atoms with E-state index in [-0.39, 0.29) is 6.61 Å². The van der Waals surface area contributed by atoms with Crippen molar-refractivity contribution in [3.05, 3.63) is 0 Å². The minimum atomic E-state index is -0.755. The van der Waals surface area contributed by atoms with Crippen LogP contribution in [0.2, 0.25) is 0 Å². The van der Waals surface area contributed by atoms with Crippen LogP contribution in [0.4, 0.5) is 0 Å². The molecule has 4 nitrogen and oxygen atoms in total. The molecule has 72 valence electrons. The van der Waals surface area contributed by atoms with Gasteiger partial charge in [0.1, 0.15) is 13.6 Å². The maximum Gasteiger partial charge on any atom is 0.328 e. The van der Waals surface area contributed by atoms with Crippen molar-refractivity contribution in [1.82, 2.24) is 5.32 Å². The quantitative estimate of drug-likeness (QED) is 0.701. The van der Waals surface area contributed by atoms with Crippen LogP contribution in [0.5, 0.6) is 0 Å². The van der Waals surface area contributed by atoms with Crippen molar-refractivity contribution in [2.45, 2.75) is 6.04 Å². The van der Waals surface area contributed by atoms with Gasteiger partial charge in [-0.05, 0) is 15.0 Å². The summed E-state index contributed by atoms with van der Waals surface area (Å²) in [5.74, 6) is -0.393. The third-order valence-electron chi connectivity index (χ3n) is 1.13. The molecule has 0 saturated heterocycles. The van der Waals surface area contributed by atoms with E-state index < -0.39 is 19.5 Å². The van der Waals surface area contributed by atoms with Crippen molar-refractivity contribution in [3.63, 3.8) is 0 Å². The van der Waals surface area contributed by atoms with Crippen molar-refractivity contribution >= 4 is 39.3 Å². The van der Waals surface area contributed by atoms with E-state index in [0.29, 0.717) is 7.96 Å². The van der Waals surface area contributed by atoms with Gasteiger partial charge in [-0.15, -0.1) is 8.93 Å². The van der Waals surface area contributed by atoms with Crippen LogP contribution in [0.15, 0.2) is 0 Å². The van der Waals surface area contributed by atoms with Crippen molar-refractivity contribution < 1.29 is 14.4 Å². The van der Waals surface area contributed by atoms with Gasteiger partial charge in [0, 0.05) is 0 Å². The Labute approximate surface area is 79.3 Å². The molecule has 12 heavy (non-hydrogen) atoms. The number of rotatable bonds is 5. The fraction of sp³-hybridized carbons (Fsp3) is 0.750. The molecule has 0 rings (SSSR count). The first-order valence-corrected chi connectivity index (χ1v) is 9.69. The van der Waals surface area contributed by atoms with Crippen LogP contribution in [0.25, 0.3) is 0 Å². The first-order chi connectivity index (χ1) is 5.65. The highest BCUT2D eigenvalue weighted by molar-refractivity contribution is 8.59. The first kappa shape index (κ1) is 13.1. The molecule has 0 aliphatic heterocycles. The highest BCUT2D eigenvalue weighted by Gasteiger charge is 2.18. The lowest BCUT2D eigenvalue weighted by Gasteiger charge is -2.15. The molecule has 0 amide bonds. The molecular weight excluding hydrogens is 234 g/mol. The van der Waals surface area contributed by atoms with Crippen LogP contribution in [-0.4, -0.2) is 30.8 Å². The third-order valence-corrected chi connectivity index (χ3v) is 9.43. The summed E-state index contributed by atoms with van der Waals surface area (Å²) in [6.45, 7) is -0.233. The molecule has 5 unspecified atom stereocenters. The van der Waals surface area contributed by atoms with E-state index in [9.17, 15) is 4.79 Å². The number of likely N-dealkylation sites (N-methyl/N-ethyl adjacent to an activating group) is 1. The molecule has 0 heterocycles. The molecule has 0 bridgehead atoms. The highest BCUT2D eigenvalue weighted by atomic mass is 32.6. The van der Waals surface area contributed by atoms with Gasteiger partial charge in [-0.3, -0.25) is 4.79 Å². The molecule has 5 atom stereocenters. The Morgan fingerprint density at radius 2 is 2.50 bits per heavy atom. The molecule has 8 heteroatoms. The van der Waals surface area contributed by atoms with E-state index in [1.165, 1.54) is 0 Å². The Hall–Kier alpha value is 1.11. The average molecular weight is 247 g/mol. The normalized spacial score (nSPS) is 16.3. The molecule has 0 aromatic carbocycles. The lowest BCUT2D eigenvalue weighted by molar-refractivity contribution is -0.136. The van der Waals surface area contributed by atoms with Crippen molar-refractivity contribution in [2.24, 2.45) is 0 Å². The maximum atomic E-state index is 11.1. The number of nitrogens with one attached hydrogen (secondary N) is 1. The summed E-state index contributed by atoms with van der Waals surface area (Å²) in [7, 11) is 6.36. The predicted octanol–water partition coefficient (Wildman–Crippen LogP) is 0.680. The fourth-order valence-electron chi connectivity index (χ4n) is 0.471. The molecule has 0 aromatic heterocycles. The fourth-order valence-corrected chi connectivity index (χ4v) is 2.06. The standard InChI is InChI=1S/C4H13NO3P4/c1-5-3(2-6)4(7)8-12(10)11-9/h3,5-6,11H,2,9-10H2,1H3. The van der Waals surface area contributed by atoms with E-state index in [0.717, 1.165) is 0 Å². The highest BCUT2D eigenvalue weighted by Crippen LogP contribution is 2.66. The molecule has 0 aliphatic carbocycles. The SMILES string of the molecule is CNC(CO)C(=O)OP(P)PP. The zero-order valence-corrected chi connectivity index (χ0v) is 10.9. The Kier molecular flexibility index (Phi) is 8.20. The van der Waals surface area contributed by atoms with Gasteiger partial charge in [-0.1, -0.05) is 8.93 Å². The number of aliphatic hydroxyl groups excluding tert-OH is 1. The lowest BCUT2D eigenvalue weighted by atomic mass is 10.3. The monoisotopic (exact) mass is 247 g/mol. The van der Waals surface area contributed by atoms with E-state index in [4.69, 9.17) is 9.63 Å². The average Bonchev–Trinajstić information content (AvgIpc) is 2.06. The van der Waals surface area contributed by atoms with E-state index >= 15 is 0 Å². The molecule has 0 radical (unpaired) electrons. The van der Waals surface area contributed by atoms with E-state index in [1.54, 1.807) is 7.05 Å². The molecule has 0 saturated carbocycles. The van der Waals surface area contributed by atoms with Crippen LogP contribution in [-0.2, 0) is 9.32 Å². The molecule has 0 aromatic rings. The van der Waals surface area contributed by atoms with Crippen LogP contribution >= 0.6 is 33.3 Å². The smallest absolute Gasteiger partial charge is 0.328 e. The molecule has 0 aliphatic rings. The summed E-state index contributed by atoms with van der Waals surface area (Å²) < 4.78 is 5.00. The van der Waals surface area contributed by atoms with Crippen LogP contribution < -0.4 is 5.32 Å². The minimum absolute atomic E-state index is 0.233. The van der Waals surface area contributed by atoms with Gasteiger partial charge in [0.05, 0.1) is 6.61 Å². The number of aliphatic hydroxyl groups is 1. The molecular formula is C4H13NO3P4. The zero-order valence-electron chi connectivity index (χ0n) is 6.65. The summed E-state index contributed by atoms with van der Waals surface area (Å²) in [6.07, 6.45) is 0. The Morgan fingerprint density at radius 3 is 2.83 bits per heavy atom. The lowest BCUT2D eigenvalue weighted by Crippen LogP contribution is -2.37. The zero-order chi connectivity index (χ0) is 9.56. The van der Waals surface area contributed by atoms with Gasteiger partial charge in [-0.2, -0.15) is 0 Å². The van der Waals surface area contributed by atoms with Gasteiger partial charge < -0.3 is 14.9 Å². The summed E-state index contributed by atoms with van der Waals surface area (Å²) in [6, 6.07) is -0.600. The third kappa shape index (κ3) is 4.97. The Morgan fingerprint density at radius 1 is 1.92 bits per heavy atom.